The van der Waals surface area contributed by atoms with Crippen LogP contribution in [0.15, 0.2) is 18.2 Å². The van der Waals surface area contributed by atoms with Crippen molar-refractivity contribution in [2.75, 3.05) is 19.7 Å². The minimum Gasteiger partial charge on any atom is -0.447 e. The van der Waals surface area contributed by atoms with Crippen LogP contribution in [0.4, 0.5) is 4.79 Å². The average molecular weight is 385 g/mol. The summed E-state index contributed by atoms with van der Waals surface area (Å²) in [7, 11) is 0. The molecule has 2 amide bonds. The van der Waals surface area contributed by atoms with Gasteiger partial charge in [-0.2, -0.15) is 0 Å². The van der Waals surface area contributed by atoms with Gasteiger partial charge < -0.3 is 19.7 Å². The quantitative estimate of drug-likeness (QED) is 0.865. The maximum absolute atomic E-state index is 12.4. The number of rotatable bonds is 4. The zero-order chi connectivity index (χ0) is 17.6. The first kappa shape index (κ1) is 16.9. The molecule has 134 valence electrons. The first-order chi connectivity index (χ1) is 11.9. The van der Waals surface area contributed by atoms with Gasteiger partial charge in [0.2, 0.25) is 5.91 Å². The van der Waals surface area contributed by atoms with Crippen molar-refractivity contribution < 1.29 is 19.1 Å². The number of cyclic esters (lactones) is 1. The van der Waals surface area contributed by atoms with E-state index in [-0.39, 0.29) is 29.6 Å². The molecule has 1 N–H and O–H groups in total. The van der Waals surface area contributed by atoms with Crippen LogP contribution in [0.5, 0.6) is 0 Å². The van der Waals surface area contributed by atoms with Crippen molar-refractivity contribution >= 4 is 35.2 Å². The molecule has 3 aliphatic rings. The molecule has 1 saturated carbocycles. The summed E-state index contributed by atoms with van der Waals surface area (Å²) in [5, 5.41) is 3.84. The molecule has 3 fully saturated rings. The van der Waals surface area contributed by atoms with Crippen molar-refractivity contribution in [2.24, 2.45) is 5.92 Å². The van der Waals surface area contributed by atoms with Gasteiger partial charge in [0.15, 0.2) is 0 Å². The Labute approximate surface area is 155 Å². The largest absolute Gasteiger partial charge is 0.447 e. The Balaban J connectivity index is 1.20. The van der Waals surface area contributed by atoms with Crippen molar-refractivity contribution in [3.8, 4) is 0 Å². The topological polar surface area (TPSA) is 67.9 Å². The van der Waals surface area contributed by atoms with Crippen LogP contribution in [0.1, 0.15) is 18.4 Å². The molecule has 0 bridgehead atoms. The number of carbonyl (C=O) groups is 2. The van der Waals surface area contributed by atoms with Crippen LogP contribution in [0.3, 0.4) is 0 Å². The van der Waals surface area contributed by atoms with Gasteiger partial charge in [0.05, 0.1) is 28.3 Å². The highest BCUT2D eigenvalue weighted by Crippen LogP contribution is 2.42. The molecule has 1 aromatic rings. The van der Waals surface area contributed by atoms with Crippen LogP contribution in [0.25, 0.3) is 0 Å². The summed E-state index contributed by atoms with van der Waals surface area (Å²) in [5.41, 5.74) is 0.642. The van der Waals surface area contributed by atoms with Crippen LogP contribution in [0.2, 0.25) is 10.0 Å². The van der Waals surface area contributed by atoms with E-state index < -0.39 is 0 Å². The fourth-order valence-corrected chi connectivity index (χ4v) is 3.92. The number of benzene rings is 1. The molecule has 0 unspecified atom stereocenters. The Morgan fingerprint density at radius 2 is 2.08 bits per heavy atom. The number of likely N-dealkylation sites (tertiary alicyclic amines) is 1. The number of amides is 2. The Bertz CT molecular complexity index is 715. The maximum Gasteiger partial charge on any atom is 0.407 e. The highest BCUT2D eigenvalue weighted by Gasteiger charge is 2.54. The van der Waals surface area contributed by atoms with Gasteiger partial charge in [-0.25, -0.2) is 4.79 Å². The van der Waals surface area contributed by atoms with Gasteiger partial charge in [-0.3, -0.25) is 4.79 Å². The molecule has 0 aromatic heterocycles. The molecular weight excluding hydrogens is 367 g/mol. The van der Waals surface area contributed by atoms with Gasteiger partial charge in [-0.05, 0) is 30.5 Å². The fourth-order valence-electron chi connectivity index (χ4n) is 3.60. The normalized spacial score (nSPS) is 28.3. The molecule has 6 nitrogen and oxygen atoms in total. The second-order valence-electron chi connectivity index (χ2n) is 7.01. The number of halogens is 2. The summed E-state index contributed by atoms with van der Waals surface area (Å²) < 4.78 is 10.7. The summed E-state index contributed by atoms with van der Waals surface area (Å²) in [4.78, 5) is 25.4. The lowest BCUT2D eigenvalue weighted by atomic mass is 9.68. The number of nitrogens with one attached hydrogen (secondary N) is 1. The molecule has 0 radical (unpaired) electrons. The maximum atomic E-state index is 12.4. The van der Waals surface area contributed by atoms with E-state index in [9.17, 15) is 9.59 Å². The molecule has 2 aliphatic heterocycles. The van der Waals surface area contributed by atoms with Crippen molar-refractivity contribution in [3.63, 3.8) is 0 Å². The lowest BCUT2D eigenvalue weighted by Gasteiger charge is -2.47. The summed E-state index contributed by atoms with van der Waals surface area (Å²) in [5.74, 6) is 0.110. The zero-order valence-corrected chi connectivity index (χ0v) is 15.0. The standard InChI is InChI=1S/C17H18Cl2N2O4/c18-13-2-1-10(3-14(13)19)8-24-12-6-21(7-12)15(22)11-4-17(5-11)9-25-16(23)20-17/h1-3,11-12H,4-9H2,(H,20,23)/t11-,17+. The van der Waals surface area contributed by atoms with Crippen LogP contribution >= 0.6 is 23.2 Å². The van der Waals surface area contributed by atoms with Gasteiger partial charge >= 0.3 is 6.09 Å². The van der Waals surface area contributed by atoms with Gasteiger partial charge in [0.1, 0.15) is 6.61 Å². The molecule has 1 aliphatic carbocycles. The van der Waals surface area contributed by atoms with E-state index in [1.54, 1.807) is 12.1 Å². The van der Waals surface area contributed by atoms with Crippen molar-refractivity contribution in [3.05, 3.63) is 33.8 Å². The number of carbonyl (C=O) groups excluding carboxylic acids is 2. The number of alkyl carbamates (subject to hydrolysis) is 1. The zero-order valence-electron chi connectivity index (χ0n) is 13.5. The molecule has 25 heavy (non-hydrogen) atoms. The van der Waals surface area contributed by atoms with Crippen LogP contribution in [-0.4, -0.2) is 48.2 Å². The average Bonchev–Trinajstić information content (AvgIpc) is 2.90. The Morgan fingerprint density at radius 1 is 1.32 bits per heavy atom. The molecule has 2 heterocycles. The number of nitrogens with zero attached hydrogens (tertiary/aromatic N) is 1. The number of hydrogen-bond acceptors (Lipinski definition) is 4. The molecular formula is C17H18Cl2N2O4. The summed E-state index contributed by atoms with van der Waals surface area (Å²) in [6.45, 7) is 2.02. The van der Waals surface area contributed by atoms with E-state index >= 15 is 0 Å². The van der Waals surface area contributed by atoms with Crippen molar-refractivity contribution in [1.29, 1.82) is 0 Å². The Kier molecular flexibility index (Phi) is 4.30. The van der Waals surface area contributed by atoms with E-state index in [1.807, 2.05) is 11.0 Å². The Hall–Kier alpha value is -1.50. The molecule has 1 spiro atoms. The second kappa shape index (κ2) is 6.34. The minimum atomic E-state index is -0.384. The molecule has 0 atom stereocenters. The van der Waals surface area contributed by atoms with Crippen molar-refractivity contribution in [1.82, 2.24) is 10.2 Å². The predicted molar refractivity (Wildman–Crippen MR) is 91.6 cm³/mol. The highest BCUT2D eigenvalue weighted by molar-refractivity contribution is 6.42. The van der Waals surface area contributed by atoms with Gasteiger partial charge in [0, 0.05) is 19.0 Å². The summed E-state index contributed by atoms with van der Waals surface area (Å²) in [6.07, 6.45) is 0.971. The Morgan fingerprint density at radius 3 is 2.72 bits per heavy atom. The second-order valence-corrected chi connectivity index (χ2v) is 7.83. The van der Waals surface area contributed by atoms with Crippen LogP contribution in [0, 0.1) is 5.92 Å². The lowest BCUT2D eigenvalue weighted by molar-refractivity contribution is -0.155. The van der Waals surface area contributed by atoms with Crippen LogP contribution < -0.4 is 5.32 Å². The third kappa shape index (κ3) is 3.30. The lowest BCUT2D eigenvalue weighted by Crippen LogP contribution is -2.62. The van der Waals surface area contributed by atoms with Crippen LogP contribution in [-0.2, 0) is 20.9 Å². The van der Waals surface area contributed by atoms with Gasteiger partial charge in [-0.1, -0.05) is 29.3 Å². The number of ether oxygens (including phenoxy) is 2. The molecule has 2 saturated heterocycles. The van der Waals surface area contributed by atoms with E-state index in [0.717, 1.165) is 5.56 Å². The first-order valence-corrected chi connectivity index (χ1v) is 8.99. The molecule has 8 heteroatoms. The van der Waals surface area contributed by atoms with Gasteiger partial charge in [-0.15, -0.1) is 0 Å². The monoisotopic (exact) mass is 384 g/mol. The smallest absolute Gasteiger partial charge is 0.407 e. The van der Waals surface area contributed by atoms with E-state index in [1.165, 1.54) is 0 Å². The SMILES string of the molecule is O=C1N[C@]2(CO1)C[C@H](C(=O)N1CC(OCc3ccc(Cl)c(Cl)c3)C1)C2. The third-order valence-corrected chi connectivity index (χ3v) is 5.84. The van der Waals surface area contributed by atoms with E-state index in [0.29, 0.717) is 49.2 Å². The predicted octanol–water partition coefficient (Wildman–Crippen LogP) is 2.61. The van der Waals surface area contributed by atoms with Crippen molar-refractivity contribution in [2.45, 2.75) is 31.1 Å². The first-order valence-electron chi connectivity index (χ1n) is 8.23. The summed E-state index contributed by atoms with van der Waals surface area (Å²) in [6, 6.07) is 5.41. The van der Waals surface area contributed by atoms with E-state index in [4.69, 9.17) is 32.7 Å². The fraction of sp³-hybridized carbons (Fsp3) is 0.529. The number of hydrogen-bond donors (Lipinski definition) is 1. The third-order valence-electron chi connectivity index (χ3n) is 5.10. The van der Waals surface area contributed by atoms with E-state index in [2.05, 4.69) is 5.32 Å². The summed E-state index contributed by atoms with van der Waals surface area (Å²) >= 11 is 11.9. The van der Waals surface area contributed by atoms with Gasteiger partial charge in [0.25, 0.3) is 0 Å². The molecule has 1 aromatic carbocycles. The molecule has 4 rings (SSSR count). The minimum absolute atomic E-state index is 0.0296. The highest BCUT2D eigenvalue weighted by atomic mass is 35.5.